The summed E-state index contributed by atoms with van der Waals surface area (Å²) in [5, 5.41) is 19.5. The molecule has 0 saturated heterocycles. The molecule has 0 unspecified atom stereocenters. The fraction of sp³-hybridized carbons (Fsp3) is 0.678. The summed E-state index contributed by atoms with van der Waals surface area (Å²) in [6.45, 7) is 11.9. The molecule has 0 aromatic heterocycles. The van der Waals surface area contributed by atoms with Gasteiger partial charge in [-0.1, -0.05) is 194 Å². The average molecular weight is 971 g/mol. The Bertz CT molecular complexity index is 1760. The zero-order valence-corrected chi connectivity index (χ0v) is 44.4. The summed E-state index contributed by atoms with van der Waals surface area (Å²) in [6.07, 6.45) is 37.4. The molecule has 70 heavy (non-hydrogen) atoms. The largest absolute Gasteiger partial charge is 0.490 e. The maximum Gasteiger partial charge on any atom is 0.338 e. The second kappa shape index (κ2) is 40.0. The van der Waals surface area contributed by atoms with E-state index in [2.05, 4.69) is 42.8 Å². The third-order valence-corrected chi connectivity index (χ3v) is 13.0. The van der Waals surface area contributed by atoms with Crippen molar-refractivity contribution in [2.24, 2.45) is 10.2 Å². The highest BCUT2D eigenvalue weighted by Gasteiger charge is 2.21. The SMILES string of the molecule is CCCCCCCCCCCCOc1cc(C(=O)OCCN(CC)c2ccc(N=Nc3ccc([N+](=O)[O-])cc3)cc2)cc(OCCCCCCCCCCCC)c1OCCCCCCCCCCCC. The van der Waals surface area contributed by atoms with Gasteiger partial charge in [0.1, 0.15) is 6.61 Å². The molecule has 0 saturated carbocycles. The van der Waals surface area contributed by atoms with E-state index < -0.39 is 10.9 Å². The van der Waals surface area contributed by atoms with E-state index in [1.54, 1.807) is 24.3 Å². The molecule has 3 aromatic rings. The lowest BCUT2D eigenvalue weighted by molar-refractivity contribution is -0.384. The number of esters is 1. The molecular weight excluding hydrogens is 877 g/mol. The van der Waals surface area contributed by atoms with Gasteiger partial charge >= 0.3 is 5.97 Å². The van der Waals surface area contributed by atoms with E-state index in [9.17, 15) is 14.9 Å². The molecule has 3 aromatic carbocycles. The lowest BCUT2D eigenvalue weighted by Crippen LogP contribution is -2.28. The van der Waals surface area contributed by atoms with Crippen LogP contribution in [-0.2, 0) is 4.74 Å². The van der Waals surface area contributed by atoms with Crippen LogP contribution in [0.15, 0.2) is 70.9 Å². The number of ether oxygens (including phenoxy) is 4. The molecule has 0 atom stereocenters. The summed E-state index contributed by atoms with van der Waals surface area (Å²) < 4.78 is 25.6. The Labute approximate surface area is 424 Å². The number of nitrogens with zero attached hydrogens (tertiary/aromatic N) is 4. The van der Waals surface area contributed by atoms with Gasteiger partial charge in [-0.25, -0.2) is 4.79 Å². The van der Waals surface area contributed by atoms with E-state index in [1.165, 1.54) is 166 Å². The number of unbranched alkanes of at least 4 members (excludes halogenated alkanes) is 27. The summed E-state index contributed by atoms with van der Waals surface area (Å²) >= 11 is 0. The average Bonchev–Trinajstić information content (AvgIpc) is 3.37. The Morgan fingerprint density at radius 1 is 0.486 bits per heavy atom. The number of carbonyl (C=O) groups excluding carboxylic acids is 1. The standard InChI is InChI=1S/C59H94N4O7/c1-5-9-12-15-18-21-24-27-30-33-45-67-56-49-51(59(64)70-48-44-62(8-4)54-40-36-52(37-41-54)60-61-53-38-42-55(43-39-53)63(65)66)50-57(68-46-34-31-28-25-22-19-16-13-10-6-2)58(56)69-47-35-32-29-26-23-20-17-14-11-7-3/h36-43,49-50H,5-35,44-48H2,1-4H3. The van der Waals surface area contributed by atoms with Crippen LogP contribution in [0.2, 0.25) is 0 Å². The lowest BCUT2D eigenvalue weighted by Gasteiger charge is -2.23. The summed E-state index contributed by atoms with van der Waals surface area (Å²) in [6, 6.07) is 17.2. The highest BCUT2D eigenvalue weighted by atomic mass is 16.6. The summed E-state index contributed by atoms with van der Waals surface area (Å²) in [4.78, 5) is 26.6. The Morgan fingerprint density at radius 2 is 0.843 bits per heavy atom. The summed E-state index contributed by atoms with van der Waals surface area (Å²) in [5.74, 6) is 1.28. The van der Waals surface area contributed by atoms with E-state index in [4.69, 9.17) is 18.9 Å². The normalized spacial score (nSPS) is 11.3. The number of anilines is 1. The number of likely N-dealkylation sites (N-methyl/N-ethyl adjacent to an activating group) is 1. The minimum absolute atomic E-state index is 0.00771. The maximum absolute atomic E-state index is 13.9. The first-order valence-corrected chi connectivity index (χ1v) is 28.1. The van der Waals surface area contributed by atoms with Gasteiger partial charge in [-0.05, 0) is 74.7 Å². The first-order chi connectivity index (χ1) is 34.4. The number of benzene rings is 3. The molecule has 11 nitrogen and oxygen atoms in total. The van der Waals surface area contributed by atoms with Gasteiger partial charge in [-0.2, -0.15) is 10.2 Å². The molecular formula is C59H94N4O7. The lowest BCUT2D eigenvalue weighted by atomic mass is 10.1. The van der Waals surface area contributed by atoms with Crippen molar-refractivity contribution in [2.45, 2.75) is 220 Å². The second-order valence-electron chi connectivity index (χ2n) is 19.1. The van der Waals surface area contributed by atoms with Gasteiger partial charge in [-0.15, -0.1) is 0 Å². The van der Waals surface area contributed by atoms with Gasteiger partial charge in [0, 0.05) is 24.4 Å². The monoisotopic (exact) mass is 971 g/mol. The van der Waals surface area contributed by atoms with E-state index in [0.717, 1.165) is 44.2 Å². The van der Waals surface area contributed by atoms with Crippen LogP contribution in [0.5, 0.6) is 17.2 Å². The molecule has 0 heterocycles. The van der Waals surface area contributed by atoms with Crippen molar-refractivity contribution in [3.63, 3.8) is 0 Å². The van der Waals surface area contributed by atoms with Gasteiger partial charge in [0.25, 0.3) is 5.69 Å². The van der Waals surface area contributed by atoms with Crippen molar-refractivity contribution in [1.82, 2.24) is 0 Å². The number of rotatable bonds is 45. The van der Waals surface area contributed by atoms with Crippen molar-refractivity contribution in [3.05, 3.63) is 76.3 Å². The number of azo groups is 1. The molecule has 0 radical (unpaired) electrons. The number of nitro benzene ring substituents is 1. The molecule has 0 spiro atoms. The summed E-state index contributed by atoms with van der Waals surface area (Å²) in [5.41, 5.74) is 2.54. The molecule has 11 heteroatoms. The van der Waals surface area contributed by atoms with Crippen molar-refractivity contribution in [2.75, 3.05) is 44.4 Å². The zero-order valence-electron chi connectivity index (χ0n) is 44.4. The third kappa shape index (κ3) is 27.1. The predicted octanol–water partition coefficient (Wildman–Crippen LogP) is 18.6. The van der Waals surface area contributed by atoms with Gasteiger partial charge in [0.05, 0.1) is 48.2 Å². The Balaban J connectivity index is 1.67. The number of hydrogen-bond acceptors (Lipinski definition) is 10. The Kier molecular flexibility index (Phi) is 34.1. The van der Waals surface area contributed by atoms with Crippen LogP contribution in [0.25, 0.3) is 0 Å². The minimum Gasteiger partial charge on any atom is -0.490 e. The van der Waals surface area contributed by atoms with E-state index >= 15 is 0 Å². The zero-order chi connectivity index (χ0) is 50.1. The second-order valence-corrected chi connectivity index (χ2v) is 19.1. The number of non-ortho nitro benzene ring substituents is 1. The maximum atomic E-state index is 13.9. The Morgan fingerprint density at radius 3 is 1.21 bits per heavy atom. The quantitative estimate of drug-likeness (QED) is 0.0180. The van der Waals surface area contributed by atoms with Crippen LogP contribution in [0, 0.1) is 10.1 Å². The molecule has 0 bridgehead atoms. The molecule has 0 aliphatic carbocycles. The van der Waals surface area contributed by atoms with E-state index in [1.807, 2.05) is 24.3 Å². The van der Waals surface area contributed by atoms with Crippen LogP contribution in [0.3, 0.4) is 0 Å². The fourth-order valence-corrected chi connectivity index (χ4v) is 8.65. The number of carbonyl (C=O) groups is 1. The molecule has 0 aliphatic heterocycles. The van der Waals surface area contributed by atoms with Crippen molar-refractivity contribution >= 4 is 28.7 Å². The van der Waals surface area contributed by atoms with Crippen LogP contribution in [0.1, 0.15) is 231 Å². The third-order valence-electron chi connectivity index (χ3n) is 13.0. The predicted molar refractivity (Wildman–Crippen MR) is 290 cm³/mol. The minimum atomic E-state index is -0.440. The van der Waals surface area contributed by atoms with Gasteiger partial charge in [0.15, 0.2) is 11.5 Å². The fourth-order valence-electron chi connectivity index (χ4n) is 8.65. The number of hydrogen-bond donors (Lipinski definition) is 0. The van der Waals surface area contributed by atoms with Crippen LogP contribution < -0.4 is 19.1 Å². The van der Waals surface area contributed by atoms with Gasteiger partial charge in [0.2, 0.25) is 5.75 Å². The van der Waals surface area contributed by atoms with Crippen molar-refractivity contribution in [3.8, 4) is 17.2 Å². The van der Waals surface area contributed by atoms with Crippen LogP contribution >= 0.6 is 0 Å². The van der Waals surface area contributed by atoms with E-state index in [-0.39, 0.29) is 12.3 Å². The highest BCUT2D eigenvalue weighted by Crippen LogP contribution is 2.40. The first kappa shape index (κ1) is 59.6. The van der Waals surface area contributed by atoms with Crippen molar-refractivity contribution < 1.29 is 28.7 Å². The molecule has 0 N–H and O–H groups in total. The summed E-state index contributed by atoms with van der Waals surface area (Å²) in [7, 11) is 0. The van der Waals surface area contributed by atoms with E-state index in [0.29, 0.717) is 67.1 Å². The topological polar surface area (TPSA) is 125 Å². The molecule has 0 amide bonds. The Hall–Kier alpha value is -4.67. The first-order valence-electron chi connectivity index (χ1n) is 28.1. The molecule has 0 fully saturated rings. The number of nitro groups is 1. The van der Waals surface area contributed by atoms with Gasteiger partial charge < -0.3 is 23.8 Å². The van der Waals surface area contributed by atoms with Crippen molar-refractivity contribution in [1.29, 1.82) is 0 Å². The molecule has 392 valence electrons. The van der Waals surface area contributed by atoms with Crippen LogP contribution in [0.4, 0.5) is 22.7 Å². The highest BCUT2D eigenvalue weighted by molar-refractivity contribution is 5.91. The molecule has 3 rings (SSSR count). The smallest absolute Gasteiger partial charge is 0.338 e. The van der Waals surface area contributed by atoms with Crippen LogP contribution in [-0.4, -0.2) is 50.4 Å². The van der Waals surface area contributed by atoms with Gasteiger partial charge in [-0.3, -0.25) is 10.1 Å². The molecule has 0 aliphatic rings.